The molecule has 0 spiro atoms. The Morgan fingerprint density at radius 2 is 1.77 bits per heavy atom. The first-order valence-electron chi connectivity index (χ1n) is 9.30. The van der Waals surface area contributed by atoms with Gasteiger partial charge in [-0.1, -0.05) is 23.7 Å². The molecule has 0 heterocycles. The molecule has 0 aliphatic heterocycles. The maximum atomic E-state index is 13.0. The number of benzene rings is 2. The number of hydrogen-bond donors (Lipinski definition) is 1. The smallest absolute Gasteiger partial charge is 0.338 e. The van der Waals surface area contributed by atoms with E-state index in [1.54, 1.807) is 45.0 Å². The van der Waals surface area contributed by atoms with E-state index in [4.69, 9.17) is 16.3 Å². The number of aryl methyl sites for hydroxylation is 2. The lowest BCUT2D eigenvalue weighted by Gasteiger charge is -2.29. The molecule has 2 aromatic carbocycles. The lowest BCUT2D eigenvalue weighted by molar-refractivity contribution is -0.116. The highest BCUT2D eigenvalue weighted by Gasteiger charge is 2.30. The maximum Gasteiger partial charge on any atom is 0.338 e. The predicted molar refractivity (Wildman–Crippen MR) is 119 cm³/mol. The average Bonchev–Trinajstić information content (AvgIpc) is 2.65. The van der Waals surface area contributed by atoms with Gasteiger partial charge in [0.2, 0.25) is 15.9 Å². The number of amides is 1. The van der Waals surface area contributed by atoms with Gasteiger partial charge in [-0.15, -0.1) is 0 Å². The summed E-state index contributed by atoms with van der Waals surface area (Å²) >= 11 is 6.05. The molecule has 1 atom stereocenters. The Labute approximate surface area is 182 Å². The summed E-state index contributed by atoms with van der Waals surface area (Å²) in [4.78, 5) is 24.9. The van der Waals surface area contributed by atoms with Gasteiger partial charge in [-0.3, -0.25) is 9.10 Å². The lowest BCUT2D eigenvalue weighted by Crippen LogP contribution is -2.45. The number of ether oxygens (including phenoxy) is 1. The van der Waals surface area contributed by atoms with Gasteiger partial charge in [0.25, 0.3) is 0 Å². The fourth-order valence-electron chi connectivity index (χ4n) is 2.94. The van der Waals surface area contributed by atoms with E-state index in [-0.39, 0.29) is 12.2 Å². The van der Waals surface area contributed by atoms with Gasteiger partial charge in [0.1, 0.15) is 6.04 Å². The van der Waals surface area contributed by atoms with Crippen molar-refractivity contribution in [2.24, 2.45) is 0 Å². The van der Waals surface area contributed by atoms with Crippen molar-refractivity contribution in [2.75, 3.05) is 22.5 Å². The molecular weight excluding hydrogens is 428 g/mol. The first-order valence-corrected chi connectivity index (χ1v) is 11.5. The Bertz CT molecular complexity index is 1070. The number of nitrogens with one attached hydrogen (secondary N) is 1. The Kier molecular flexibility index (Phi) is 7.49. The number of hydrogen-bond acceptors (Lipinski definition) is 5. The molecule has 0 aliphatic rings. The molecule has 2 aromatic rings. The predicted octanol–water partition coefficient (Wildman–Crippen LogP) is 3.93. The monoisotopic (exact) mass is 452 g/mol. The van der Waals surface area contributed by atoms with Crippen LogP contribution in [0, 0.1) is 13.8 Å². The van der Waals surface area contributed by atoms with Gasteiger partial charge < -0.3 is 10.1 Å². The van der Waals surface area contributed by atoms with Gasteiger partial charge in [0.05, 0.1) is 24.1 Å². The third kappa shape index (κ3) is 5.52. The number of anilines is 2. The summed E-state index contributed by atoms with van der Waals surface area (Å²) < 4.78 is 31.1. The van der Waals surface area contributed by atoms with Crippen LogP contribution in [0.25, 0.3) is 0 Å². The number of nitrogens with zero attached hydrogens (tertiary/aromatic N) is 1. The summed E-state index contributed by atoms with van der Waals surface area (Å²) in [7, 11) is -3.79. The summed E-state index contributed by atoms with van der Waals surface area (Å²) in [6.45, 7) is 6.93. The number of halogens is 1. The number of esters is 1. The van der Waals surface area contributed by atoms with Gasteiger partial charge in [-0.05, 0) is 63.1 Å². The van der Waals surface area contributed by atoms with Crippen LogP contribution < -0.4 is 9.62 Å². The Hall–Kier alpha value is -2.58. The summed E-state index contributed by atoms with van der Waals surface area (Å²) in [5, 5.41) is 3.07. The van der Waals surface area contributed by atoms with E-state index >= 15 is 0 Å². The van der Waals surface area contributed by atoms with E-state index in [1.807, 2.05) is 0 Å². The van der Waals surface area contributed by atoms with Gasteiger partial charge in [0.15, 0.2) is 0 Å². The molecule has 0 saturated carbocycles. The molecule has 0 aliphatic carbocycles. The molecule has 2 rings (SSSR count). The van der Waals surface area contributed by atoms with Crippen LogP contribution >= 0.6 is 11.6 Å². The van der Waals surface area contributed by atoms with Crippen LogP contribution in [-0.2, 0) is 19.6 Å². The zero-order chi connectivity index (χ0) is 22.6. The second-order valence-electron chi connectivity index (χ2n) is 6.91. The van der Waals surface area contributed by atoms with Crippen LogP contribution in [0.15, 0.2) is 36.4 Å². The average molecular weight is 453 g/mol. The van der Waals surface area contributed by atoms with Gasteiger partial charge in [0, 0.05) is 10.7 Å². The molecule has 0 unspecified atom stereocenters. The number of rotatable bonds is 7. The SMILES string of the molecule is CCOC(=O)c1ccc(C)c(NC(=O)[C@H](C)N(c2cc(Cl)ccc2C)S(C)(=O)=O)c1. The molecule has 0 aromatic heterocycles. The Morgan fingerprint density at radius 1 is 1.13 bits per heavy atom. The maximum absolute atomic E-state index is 13.0. The summed E-state index contributed by atoms with van der Waals surface area (Å²) in [5.74, 6) is -1.06. The van der Waals surface area contributed by atoms with Gasteiger partial charge >= 0.3 is 5.97 Å². The minimum atomic E-state index is -3.79. The van der Waals surface area contributed by atoms with Gasteiger partial charge in [-0.25, -0.2) is 13.2 Å². The van der Waals surface area contributed by atoms with Crippen molar-refractivity contribution in [3.05, 3.63) is 58.1 Å². The zero-order valence-corrected chi connectivity index (χ0v) is 19.1. The van der Waals surface area contributed by atoms with Crippen LogP contribution in [0.3, 0.4) is 0 Å². The van der Waals surface area contributed by atoms with Crippen molar-refractivity contribution in [3.8, 4) is 0 Å². The molecule has 1 N–H and O–H groups in total. The normalized spacial score (nSPS) is 12.2. The van der Waals surface area contributed by atoms with E-state index in [0.29, 0.717) is 27.5 Å². The topological polar surface area (TPSA) is 92.8 Å². The highest BCUT2D eigenvalue weighted by Crippen LogP contribution is 2.29. The molecule has 0 saturated heterocycles. The largest absolute Gasteiger partial charge is 0.462 e. The highest BCUT2D eigenvalue weighted by molar-refractivity contribution is 7.92. The first-order chi connectivity index (χ1) is 14.0. The quantitative estimate of drug-likeness (QED) is 0.642. The molecule has 7 nitrogen and oxygen atoms in total. The van der Waals surface area contributed by atoms with Gasteiger partial charge in [-0.2, -0.15) is 0 Å². The van der Waals surface area contributed by atoms with E-state index in [0.717, 1.165) is 10.6 Å². The van der Waals surface area contributed by atoms with Crippen LogP contribution in [0.5, 0.6) is 0 Å². The molecule has 162 valence electrons. The number of carbonyl (C=O) groups is 2. The standard InChI is InChI=1S/C21H25ClN2O5S/c1-6-29-21(26)16-9-7-13(2)18(11-16)23-20(25)15(4)24(30(5,27)28)19-12-17(22)10-8-14(19)3/h7-12,15H,6H2,1-5H3,(H,23,25)/t15-/m0/s1. The number of carbonyl (C=O) groups excluding carboxylic acids is 2. The van der Waals surface area contributed by atoms with Crippen LogP contribution in [0.1, 0.15) is 35.3 Å². The fraction of sp³-hybridized carbons (Fsp3) is 0.333. The van der Waals surface area contributed by atoms with Crippen molar-refractivity contribution in [3.63, 3.8) is 0 Å². The summed E-state index contributed by atoms with van der Waals surface area (Å²) in [6.07, 6.45) is 1.03. The fourth-order valence-corrected chi connectivity index (χ4v) is 4.33. The summed E-state index contributed by atoms with van der Waals surface area (Å²) in [5.41, 5.74) is 2.38. The van der Waals surface area contributed by atoms with E-state index in [1.165, 1.54) is 19.1 Å². The van der Waals surface area contributed by atoms with E-state index < -0.39 is 27.9 Å². The lowest BCUT2D eigenvalue weighted by atomic mass is 10.1. The van der Waals surface area contributed by atoms with Crippen molar-refractivity contribution >= 4 is 44.9 Å². The Balaban J connectivity index is 2.38. The van der Waals surface area contributed by atoms with E-state index in [2.05, 4.69) is 5.32 Å². The second kappa shape index (κ2) is 9.49. The van der Waals surface area contributed by atoms with Crippen molar-refractivity contribution in [1.82, 2.24) is 0 Å². The molecule has 0 bridgehead atoms. The Morgan fingerprint density at radius 3 is 2.37 bits per heavy atom. The zero-order valence-electron chi connectivity index (χ0n) is 17.5. The van der Waals surface area contributed by atoms with Crippen molar-refractivity contribution < 1.29 is 22.7 Å². The highest BCUT2D eigenvalue weighted by atomic mass is 35.5. The molecule has 9 heteroatoms. The molecule has 0 radical (unpaired) electrons. The third-order valence-electron chi connectivity index (χ3n) is 4.50. The van der Waals surface area contributed by atoms with Crippen molar-refractivity contribution in [2.45, 2.75) is 33.7 Å². The first kappa shape index (κ1) is 23.7. The minimum absolute atomic E-state index is 0.230. The minimum Gasteiger partial charge on any atom is -0.462 e. The van der Waals surface area contributed by atoms with Crippen LogP contribution in [-0.4, -0.2) is 39.2 Å². The molecular formula is C21H25ClN2O5S. The molecule has 1 amide bonds. The van der Waals surface area contributed by atoms with Crippen LogP contribution in [0.4, 0.5) is 11.4 Å². The summed E-state index contributed by atoms with van der Waals surface area (Å²) in [6, 6.07) is 8.57. The molecule has 30 heavy (non-hydrogen) atoms. The third-order valence-corrected chi connectivity index (χ3v) is 5.97. The second-order valence-corrected chi connectivity index (χ2v) is 9.20. The molecule has 0 fully saturated rings. The van der Waals surface area contributed by atoms with Crippen molar-refractivity contribution in [1.29, 1.82) is 0 Å². The number of sulfonamides is 1. The van der Waals surface area contributed by atoms with Crippen LogP contribution in [0.2, 0.25) is 5.02 Å². The van der Waals surface area contributed by atoms with E-state index in [9.17, 15) is 18.0 Å².